The third kappa shape index (κ3) is 3.92. The lowest BCUT2D eigenvalue weighted by atomic mass is 10.2. The van der Waals surface area contributed by atoms with E-state index in [0.717, 1.165) is 12.0 Å². The van der Waals surface area contributed by atoms with E-state index >= 15 is 0 Å². The number of aryl methyl sites for hydroxylation is 1. The topological polar surface area (TPSA) is 94.3 Å². The number of methoxy groups -OCH3 is 1. The number of nitrogens with one attached hydrogen (secondary N) is 1. The number of nitrogens with zero attached hydrogens (tertiary/aromatic N) is 2. The molecule has 0 bridgehead atoms. The summed E-state index contributed by atoms with van der Waals surface area (Å²) in [4.78, 5) is 4.42. The van der Waals surface area contributed by atoms with Crippen molar-refractivity contribution < 1.29 is 17.7 Å². The molecule has 3 rings (SSSR count). The summed E-state index contributed by atoms with van der Waals surface area (Å²) in [5.74, 6) is 1.11. The van der Waals surface area contributed by atoms with Crippen molar-refractivity contribution in [1.82, 2.24) is 14.9 Å². The third-order valence-corrected chi connectivity index (χ3v) is 5.29. The molecule has 0 saturated heterocycles. The van der Waals surface area contributed by atoms with Gasteiger partial charge < -0.3 is 9.26 Å². The van der Waals surface area contributed by atoms with E-state index in [1.807, 2.05) is 19.1 Å². The van der Waals surface area contributed by atoms with Gasteiger partial charge >= 0.3 is 0 Å². The summed E-state index contributed by atoms with van der Waals surface area (Å²) < 4.78 is 37.6. The van der Waals surface area contributed by atoms with E-state index in [0.29, 0.717) is 17.1 Å². The van der Waals surface area contributed by atoms with Gasteiger partial charge in [0, 0.05) is 0 Å². The van der Waals surface area contributed by atoms with Crippen molar-refractivity contribution >= 4 is 10.0 Å². The maximum absolute atomic E-state index is 12.4. The molecule has 0 aliphatic heterocycles. The third-order valence-electron chi connectivity index (χ3n) is 3.87. The molecule has 0 aliphatic carbocycles. The van der Waals surface area contributed by atoms with Gasteiger partial charge in [0.1, 0.15) is 5.75 Å². The summed E-state index contributed by atoms with van der Waals surface area (Å²) in [5, 5.41) is 3.89. The van der Waals surface area contributed by atoms with Crippen molar-refractivity contribution in [2.75, 3.05) is 7.11 Å². The monoisotopic (exact) mass is 373 g/mol. The molecule has 2 aromatic carbocycles. The fourth-order valence-corrected chi connectivity index (χ4v) is 3.38. The maximum Gasteiger partial charge on any atom is 0.242 e. The Morgan fingerprint density at radius 1 is 1.12 bits per heavy atom. The molecule has 0 radical (unpaired) electrons. The zero-order valence-electron chi connectivity index (χ0n) is 14.5. The Balaban J connectivity index is 1.73. The van der Waals surface area contributed by atoms with E-state index in [4.69, 9.17) is 9.26 Å². The highest BCUT2D eigenvalue weighted by molar-refractivity contribution is 7.89. The number of hydrogen-bond acceptors (Lipinski definition) is 6. The molecular formula is C18H19N3O4S. The first-order chi connectivity index (χ1) is 12.5. The second kappa shape index (κ2) is 7.67. The molecular weight excluding hydrogens is 354 g/mol. The van der Waals surface area contributed by atoms with E-state index < -0.39 is 10.0 Å². The molecule has 0 fully saturated rings. The molecule has 0 amide bonds. The molecule has 136 valence electrons. The summed E-state index contributed by atoms with van der Waals surface area (Å²) in [6.07, 6.45) is 0.849. The van der Waals surface area contributed by atoms with Crippen LogP contribution in [0.25, 0.3) is 11.4 Å². The average Bonchev–Trinajstić information content (AvgIpc) is 3.15. The van der Waals surface area contributed by atoms with Gasteiger partial charge in [-0.15, -0.1) is 0 Å². The number of aromatic nitrogens is 2. The minimum Gasteiger partial charge on any atom is -0.496 e. The van der Waals surface area contributed by atoms with E-state index in [1.165, 1.54) is 0 Å². The van der Waals surface area contributed by atoms with E-state index in [1.54, 1.807) is 43.5 Å². The Kier molecular flexibility index (Phi) is 5.34. The predicted molar refractivity (Wildman–Crippen MR) is 96.1 cm³/mol. The summed E-state index contributed by atoms with van der Waals surface area (Å²) in [5.41, 5.74) is 1.74. The minimum atomic E-state index is -3.65. The highest BCUT2D eigenvalue weighted by atomic mass is 32.2. The second-order valence-electron chi connectivity index (χ2n) is 5.53. The zero-order valence-corrected chi connectivity index (χ0v) is 15.3. The number of rotatable bonds is 7. The van der Waals surface area contributed by atoms with Crippen LogP contribution in [0.1, 0.15) is 18.4 Å². The zero-order chi connectivity index (χ0) is 18.6. The molecule has 1 aromatic heterocycles. The molecule has 1 heterocycles. The summed E-state index contributed by atoms with van der Waals surface area (Å²) in [6, 6.07) is 14.0. The molecule has 0 atom stereocenters. The van der Waals surface area contributed by atoms with Crippen LogP contribution in [0.3, 0.4) is 0 Å². The van der Waals surface area contributed by atoms with Crippen molar-refractivity contribution in [2.45, 2.75) is 24.8 Å². The molecule has 3 aromatic rings. The molecule has 0 saturated carbocycles. The molecule has 26 heavy (non-hydrogen) atoms. The first-order valence-electron chi connectivity index (χ1n) is 8.08. The lowest BCUT2D eigenvalue weighted by Gasteiger charge is -2.05. The quantitative estimate of drug-likeness (QED) is 0.684. The van der Waals surface area contributed by atoms with Crippen LogP contribution < -0.4 is 9.46 Å². The Morgan fingerprint density at radius 2 is 1.85 bits per heavy atom. The smallest absolute Gasteiger partial charge is 0.242 e. The molecule has 0 spiro atoms. The largest absolute Gasteiger partial charge is 0.496 e. The predicted octanol–water partition coefficient (Wildman–Crippen LogP) is 2.79. The standard InChI is InChI=1S/C18H19N3O4S/c1-3-13-8-10-14(11-9-13)26(22,23)19-12-17-20-18(21-25-17)15-6-4-5-7-16(15)24-2/h4-11,19H,3,12H2,1-2H3. The van der Waals surface area contributed by atoms with Gasteiger partial charge in [-0.1, -0.05) is 36.3 Å². The number of ether oxygens (including phenoxy) is 1. The fraction of sp³-hybridized carbons (Fsp3) is 0.222. The number of benzene rings is 2. The second-order valence-corrected chi connectivity index (χ2v) is 7.30. The average molecular weight is 373 g/mol. The number of sulfonamides is 1. The van der Waals surface area contributed by atoms with Gasteiger partial charge in [-0.05, 0) is 36.2 Å². The van der Waals surface area contributed by atoms with Crippen LogP contribution in [0.5, 0.6) is 5.75 Å². The van der Waals surface area contributed by atoms with E-state index in [9.17, 15) is 8.42 Å². The van der Waals surface area contributed by atoms with Crippen molar-refractivity contribution in [3.63, 3.8) is 0 Å². The highest BCUT2D eigenvalue weighted by Gasteiger charge is 2.17. The van der Waals surface area contributed by atoms with E-state index in [-0.39, 0.29) is 17.3 Å². The first kappa shape index (κ1) is 18.1. The van der Waals surface area contributed by atoms with Crippen molar-refractivity contribution in [2.24, 2.45) is 0 Å². The number of para-hydroxylation sites is 1. The molecule has 0 unspecified atom stereocenters. The normalized spacial score (nSPS) is 11.5. The molecule has 0 aliphatic rings. The van der Waals surface area contributed by atoms with Gasteiger partial charge in [0.25, 0.3) is 0 Å². The first-order valence-corrected chi connectivity index (χ1v) is 9.56. The van der Waals surface area contributed by atoms with Gasteiger partial charge in [-0.25, -0.2) is 13.1 Å². The highest BCUT2D eigenvalue weighted by Crippen LogP contribution is 2.27. The van der Waals surface area contributed by atoms with Crippen molar-refractivity contribution in [1.29, 1.82) is 0 Å². The van der Waals surface area contributed by atoms with Crippen molar-refractivity contribution in [3.05, 3.63) is 60.0 Å². The van der Waals surface area contributed by atoms with Crippen LogP contribution in [0.2, 0.25) is 0 Å². The molecule has 8 heteroatoms. The van der Waals surface area contributed by atoms with Crippen molar-refractivity contribution in [3.8, 4) is 17.1 Å². The van der Waals surface area contributed by atoms with Gasteiger partial charge in [-0.2, -0.15) is 4.98 Å². The Morgan fingerprint density at radius 3 is 2.54 bits per heavy atom. The van der Waals surface area contributed by atoms with Crippen LogP contribution in [0.15, 0.2) is 57.9 Å². The van der Waals surface area contributed by atoms with Crippen LogP contribution in [-0.4, -0.2) is 25.7 Å². The Bertz CT molecular complexity index is 982. The summed E-state index contributed by atoms with van der Waals surface area (Å²) in [7, 11) is -2.10. The summed E-state index contributed by atoms with van der Waals surface area (Å²) in [6.45, 7) is 1.91. The maximum atomic E-state index is 12.4. The van der Waals surface area contributed by atoms with Crippen LogP contribution in [0, 0.1) is 0 Å². The minimum absolute atomic E-state index is 0.0972. The van der Waals surface area contributed by atoms with Gasteiger partial charge in [-0.3, -0.25) is 0 Å². The summed E-state index contributed by atoms with van der Waals surface area (Å²) >= 11 is 0. The molecule has 7 nitrogen and oxygen atoms in total. The molecule has 1 N–H and O–H groups in total. The van der Waals surface area contributed by atoms with Gasteiger partial charge in [0.2, 0.25) is 21.7 Å². The SMILES string of the molecule is CCc1ccc(S(=O)(=O)NCc2nc(-c3ccccc3OC)no2)cc1. The van der Waals surface area contributed by atoms with Gasteiger partial charge in [0.05, 0.1) is 24.1 Å². The Hall–Kier alpha value is -2.71. The number of hydrogen-bond donors (Lipinski definition) is 1. The lowest BCUT2D eigenvalue weighted by molar-refractivity contribution is 0.375. The van der Waals surface area contributed by atoms with Crippen LogP contribution in [0.4, 0.5) is 0 Å². The fourth-order valence-electron chi connectivity index (χ4n) is 2.41. The lowest BCUT2D eigenvalue weighted by Crippen LogP contribution is -2.23. The van der Waals surface area contributed by atoms with Crippen LogP contribution in [-0.2, 0) is 23.0 Å². The van der Waals surface area contributed by atoms with Gasteiger partial charge in [0.15, 0.2) is 0 Å². The van der Waals surface area contributed by atoms with Crippen LogP contribution >= 0.6 is 0 Å². The Labute approximate surface area is 152 Å². The van der Waals surface area contributed by atoms with E-state index in [2.05, 4.69) is 14.9 Å².